The van der Waals surface area contributed by atoms with Gasteiger partial charge in [0.2, 0.25) is 0 Å². The number of hydrogen-bond donors (Lipinski definition) is 1. The Bertz CT molecular complexity index is 864. The average Bonchev–Trinajstić information content (AvgIpc) is 2.96. The summed E-state index contributed by atoms with van der Waals surface area (Å²) in [6, 6.07) is 13.6. The van der Waals surface area contributed by atoms with Crippen LogP contribution in [-0.2, 0) is 11.3 Å². The van der Waals surface area contributed by atoms with Crippen LogP contribution in [0.3, 0.4) is 0 Å². The summed E-state index contributed by atoms with van der Waals surface area (Å²) >= 11 is 1.05. The highest BCUT2D eigenvalue weighted by atomic mass is 32.1. The molecule has 0 aliphatic rings. The number of nitrogens with zero attached hydrogens (tertiary/aromatic N) is 2. The van der Waals surface area contributed by atoms with E-state index in [1.54, 1.807) is 6.07 Å². The van der Waals surface area contributed by atoms with Crippen LogP contribution in [0.5, 0.6) is 0 Å². The fourth-order valence-corrected chi connectivity index (χ4v) is 2.72. The lowest BCUT2D eigenvalue weighted by Crippen LogP contribution is -2.12. The van der Waals surface area contributed by atoms with E-state index in [4.69, 9.17) is 4.74 Å². The Hall–Kier alpha value is -3.00. The Balaban J connectivity index is 1.72. The lowest BCUT2D eigenvalue weighted by Gasteiger charge is -2.05. The van der Waals surface area contributed by atoms with Crippen LogP contribution in [0.1, 0.15) is 5.56 Å². The number of fused-ring (bicyclic) bond motifs is 1. The van der Waals surface area contributed by atoms with Gasteiger partial charge in [-0.05, 0) is 23.2 Å². The number of ether oxygens (including phenoxy) is 1. The van der Waals surface area contributed by atoms with E-state index >= 15 is 0 Å². The summed E-state index contributed by atoms with van der Waals surface area (Å²) in [5, 5.41) is 14.3. The van der Waals surface area contributed by atoms with Crippen molar-refractivity contribution >= 4 is 39.2 Å². The van der Waals surface area contributed by atoms with Gasteiger partial charge in [-0.15, -0.1) is 0 Å². The smallest absolute Gasteiger partial charge is 0.412 e. The second kappa shape index (κ2) is 6.41. The lowest BCUT2D eigenvalue weighted by molar-refractivity contribution is -0.384. The van der Waals surface area contributed by atoms with E-state index in [9.17, 15) is 14.9 Å². The highest BCUT2D eigenvalue weighted by Crippen LogP contribution is 2.30. The van der Waals surface area contributed by atoms with Crippen molar-refractivity contribution < 1.29 is 14.5 Å². The summed E-state index contributed by atoms with van der Waals surface area (Å²) < 4.78 is 9.26. The van der Waals surface area contributed by atoms with Crippen molar-refractivity contribution in [2.45, 2.75) is 6.61 Å². The molecular formula is C15H11N3O4S. The van der Waals surface area contributed by atoms with E-state index in [-0.39, 0.29) is 12.3 Å². The highest BCUT2D eigenvalue weighted by Gasteiger charge is 2.14. The van der Waals surface area contributed by atoms with Crippen LogP contribution in [0.15, 0.2) is 48.5 Å². The monoisotopic (exact) mass is 329 g/mol. The summed E-state index contributed by atoms with van der Waals surface area (Å²) in [5.41, 5.74) is 1.39. The van der Waals surface area contributed by atoms with Gasteiger partial charge in [0.1, 0.15) is 11.6 Å². The van der Waals surface area contributed by atoms with E-state index < -0.39 is 11.0 Å². The molecule has 0 radical (unpaired) electrons. The van der Waals surface area contributed by atoms with Gasteiger partial charge in [0.15, 0.2) is 0 Å². The molecule has 3 rings (SSSR count). The summed E-state index contributed by atoms with van der Waals surface area (Å²) in [4.78, 5) is 22.2. The molecule has 1 amide bonds. The largest absolute Gasteiger partial charge is 0.444 e. The topological polar surface area (TPSA) is 94.4 Å². The highest BCUT2D eigenvalue weighted by molar-refractivity contribution is 7.12. The molecule has 2 aromatic carbocycles. The molecule has 0 saturated heterocycles. The molecule has 0 aliphatic heterocycles. The molecule has 0 fully saturated rings. The first kappa shape index (κ1) is 14.9. The number of hydrogen-bond acceptors (Lipinski definition) is 6. The van der Waals surface area contributed by atoms with E-state index in [0.717, 1.165) is 17.1 Å². The van der Waals surface area contributed by atoms with Gasteiger partial charge < -0.3 is 4.74 Å². The third-order valence-electron chi connectivity index (χ3n) is 3.10. The third kappa shape index (κ3) is 3.43. The van der Waals surface area contributed by atoms with Gasteiger partial charge in [-0.2, -0.15) is 4.37 Å². The van der Waals surface area contributed by atoms with E-state index in [1.807, 2.05) is 30.3 Å². The Labute approximate surface area is 134 Å². The van der Waals surface area contributed by atoms with Crippen molar-refractivity contribution in [3.8, 4) is 0 Å². The summed E-state index contributed by atoms with van der Waals surface area (Å²) in [6.07, 6.45) is -0.633. The number of nitro groups is 1. The zero-order valence-corrected chi connectivity index (χ0v) is 12.6. The first-order valence-corrected chi connectivity index (χ1v) is 7.42. The molecule has 8 heteroatoms. The van der Waals surface area contributed by atoms with Gasteiger partial charge in [-0.3, -0.25) is 15.4 Å². The van der Waals surface area contributed by atoms with Crippen LogP contribution in [0.25, 0.3) is 10.9 Å². The van der Waals surface area contributed by atoms with E-state index in [2.05, 4.69) is 9.69 Å². The number of aromatic nitrogens is 1. The zero-order chi connectivity index (χ0) is 16.2. The molecule has 0 spiro atoms. The van der Waals surface area contributed by atoms with Crippen LogP contribution in [0.4, 0.5) is 15.5 Å². The molecule has 7 nitrogen and oxygen atoms in total. The maximum Gasteiger partial charge on any atom is 0.412 e. The Morgan fingerprint density at radius 3 is 2.78 bits per heavy atom. The Kier molecular flexibility index (Phi) is 4.15. The molecule has 23 heavy (non-hydrogen) atoms. The van der Waals surface area contributed by atoms with Gasteiger partial charge in [0.05, 0.1) is 10.4 Å². The molecule has 1 heterocycles. The predicted octanol–water partition coefficient (Wildman–Crippen LogP) is 3.95. The first-order valence-electron chi connectivity index (χ1n) is 6.65. The lowest BCUT2D eigenvalue weighted by atomic mass is 10.2. The van der Waals surface area contributed by atoms with E-state index in [1.165, 1.54) is 12.1 Å². The number of non-ortho nitro benzene ring substituents is 1. The number of rotatable bonds is 4. The zero-order valence-electron chi connectivity index (χ0n) is 11.8. The van der Waals surface area contributed by atoms with Crippen LogP contribution >= 0.6 is 11.5 Å². The molecule has 116 valence electrons. The van der Waals surface area contributed by atoms with Gasteiger partial charge in [0, 0.05) is 17.5 Å². The summed E-state index contributed by atoms with van der Waals surface area (Å²) in [6.45, 7) is 0.142. The summed E-state index contributed by atoms with van der Waals surface area (Å²) in [7, 11) is 0. The van der Waals surface area contributed by atoms with Gasteiger partial charge >= 0.3 is 6.09 Å². The van der Waals surface area contributed by atoms with Crippen molar-refractivity contribution in [2.75, 3.05) is 5.32 Å². The van der Waals surface area contributed by atoms with Crippen LogP contribution in [-0.4, -0.2) is 15.4 Å². The third-order valence-corrected chi connectivity index (χ3v) is 3.89. The van der Waals surface area contributed by atoms with Gasteiger partial charge in [0.25, 0.3) is 5.69 Å². The molecule has 0 unspecified atom stereocenters. The number of nitro benzene ring substituents is 1. The van der Waals surface area contributed by atoms with Crippen molar-refractivity contribution in [3.63, 3.8) is 0 Å². The fourth-order valence-electron chi connectivity index (χ4n) is 1.99. The molecule has 0 atom stereocenters. The average molecular weight is 329 g/mol. The first-order chi connectivity index (χ1) is 11.1. The predicted molar refractivity (Wildman–Crippen MR) is 86.5 cm³/mol. The van der Waals surface area contributed by atoms with Gasteiger partial charge in [-0.25, -0.2) is 4.79 Å². The van der Waals surface area contributed by atoms with Crippen molar-refractivity contribution in [2.24, 2.45) is 0 Å². The fraction of sp³-hybridized carbons (Fsp3) is 0.0667. The maximum atomic E-state index is 11.9. The van der Waals surface area contributed by atoms with Gasteiger partial charge in [-0.1, -0.05) is 30.3 Å². The van der Waals surface area contributed by atoms with Crippen molar-refractivity contribution in [3.05, 3.63) is 64.2 Å². The van der Waals surface area contributed by atoms with Crippen molar-refractivity contribution in [1.29, 1.82) is 0 Å². The number of nitrogens with one attached hydrogen (secondary N) is 1. The van der Waals surface area contributed by atoms with Crippen LogP contribution in [0.2, 0.25) is 0 Å². The standard InChI is InChI=1S/C15H11N3O4S/c19-15(22-9-10-4-2-1-3-5-10)16-14-12-8-11(18(20)21)6-7-13(12)17-23-14/h1-8H,9H2,(H,16,19). The van der Waals surface area contributed by atoms with E-state index in [0.29, 0.717) is 15.9 Å². The van der Waals surface area contributed by atoms with Crippen LogP contribution < -0.4 is 5.32 Å². The van der Waals surface area contributed by atoms with Crippen LogP contribution in [0, 0.1) is 10.1 Å². The minimum Gasteiger partial charge on any atom is -0.444 e. The molecule has 1 N–H and O–H groups in total. The molecule has 1 aromatic heterocycles. The summed E-state index contributed by atoms with van der Waals surface area (Å²) in [5.74, 6) is 0. The number of amides is 1. The minimum atomic E-state index is -0.633. The molecule has 3 aromatic rings. The normalized spacial score (nSPS) is 10.4. The second-order valence-electron chi connectivity index (χ2n) is 4.66. The minimum absolute atomic E-state index is 0.0570. The second-order valence-corrected chi connectivity index (χ2v) is 5.43. The Morgan fingerprint density at radius 2 is 2.04 bits per heavy atom. The van der Waals surface area contributed by atoms with Crippen molar-refractivity contribution in [1.82, 2.24) is 4.37 Å². The number of benzene rings is 2. The maximum absolute atomic E-state index is 11.9. The Morgan fingerprint density at radius 1 is 1.26 bits per heavy atom. The number of carbonyl (C=O) groups is 1. The molecule has 0 bridgehead atoms. The molecule has 0 aliphatic carbocycles. The molecule has 0 saturated carbocycles. The quantitative estimate of drug-likeness (QED) is 0.577. The SMILES string of the molecule is O=C(Nc1snc2ccc([N+](=O)[O-])cc12)OCc1ccccc1. The number of anilines is 1. The molecular weight excluding hydrogens is 318 g/mol. The number of carbonyl (C=O) groups excluding carboxylic acids is 1.